The number of benzene rings is 2. The summed E-state index contributed by atoms with van der Waals surface area (Å²) in [6, 6.07) is 14.2. The van der Waals surface area contributed by atoms with Gasteiger partial charge >= 0.3 is 0 Å². The van der Waals surface area contributed by atoms with E-state index in [2.05, 4.69) is 12.1 Å². The Morgan fingerprint density at radius 2 is 2.00 bits per heavy atom. The minimum Gasteiger partial charge on any atom is -0.496 e. The van der Waals surface area contributed by atoms with Gasteiger partial charge in [-0.05, 0) is 36.2 Å². The molecular weight excluding hydrogens is 250 g/mol. The molecule has 2 aromatic rings. The lowest BCUT2D eigenvalue weighted by Gasteiger charge is -2.30. The fraction of sp³-hybridized carbons (Fsp3) is 0.294. The molecule has 0 aromatic heterocycles. The third kappa shape index (κ3) is 2.25. The third-order valence-electron chi connectivity index (χ3n) is 3.85. The average molecular weight is 269 g/mol. The monoisotopic (exact) mass is 269 g/mol. The van der Waals surface area contributed by atoms with Crippen LogP contribution in [0.15, 0.2) is 42.5 Å². The molecule has 104 valence electrons. The molecule has 1 aliphatic heterocycles. The minimum absolute atomic E-state index is 0.00417. The van der Waals surface area contributed by atoms with E-state index in [1.807, 2.05) is 37.3 Å². The van der Waals surface area contributed by atoms with Crippen LogP contribution in [0.4, 0.5) is 0 Å². The maximum atomic E-state index is 6.26. The lowest BCUT2D eigenvalue weighted by molar-refractivity contribution is 0.161. The molecule has 3 nitrogen and oxygen atoms in total. The summed E-state index contributed by atoms with van der Waals surface area (Å²) in [6.45, 7) is 2.04. The Bertz CT molecular complexity index is 624. The molecule has 0 saturated heterocycles. The van der Waals surface area contributed by atoms with Crippen LogP contribution in [0.2, 0.25) is 0 Å². The van der Waals surface area contributed by atoms with E-state index < -0.39 is 0 Å². The van der Waals surface area contributed by atoms with Crippen molar-refractivity contribution in [1.82, 2.24) is 0 Å². The highest BCUT2D eigenvalue weighted by molar-refractivity contribution is 5.41. The molecule has 0 bridgehead atoms. The van der Waals surface area contributed by atoms with Crippen LogP contribution < -0.4 is 15.2 Å². The highest BCUT2D eigenvalue weighted by Crippen LogP contribution is 2.40. The first-order valence-electron chi connectivity index (χ1n) is 6.84. The number of rotatable bonds is 2. The normalized spacial score (nSPS) is 20.9. The van der Waals surface area contributed by atoms with Crippen LogP contribution in [-0.2, 0) is 0 Å². The van der Waals surface area contributed by atoms with Gasteiger partial charge in [0.25, 0.3) is 0 Å². The van der Waals surface area contributed by atoms with Crippen LogP contribution in [0.1, 0.15) is 35.3 Å². The molecule has 1 unspecified atom stereocenters. The van der Waals surface area contributed by atoms with Crippen molar-refractivity contribution in [2.75, 3.05) is 7.11 Å². The molecular formula is C17H19NO2. The summed E-state index contributed by atoms with van der Waals surface area (Å²) in [7, 11) is 1.69. The molecule has 0 fully saturated rings. The molecule has 0 aliphatic carbocycles. The molecule has 2 aromatic carbocycles. The van der Waals surface area contributed by atoms with E-state index >= 15 is 0 Å². The van der Waals surface area contributed by atoms with Crippen LogP contribution in [0.3, 0.4) is 0 Å². The Morgan fingerprint density at radius 3 is 2.75 bits per heavy atom. The first kappa shape index (κ1) is 13.0. The number of aryl methyl sites for hydroxylation is 1. The van der Waals surface area contributed by atoms with Gasteiger partial charge in [0.05, 0.1) is 7.11 Å². The summed E-state index contributed by atoms with van der Waals surface area (Å²) in [5.41, 5.74) is 9.61. The van der Waals surface area contributed by atoms with Crippen molar-refractivity contribution >= 4 is 0 Å². The Hall–Kier alpha value is -2.00. The van der Waals surface area contributed by atoms with Crippen LogP contribution >= 0.6 is 0 Å². The molecule has 2 atom stereocenters. The van der Waals surface area contributed by atoms with Crippen molar-refractivity contribution in [3.05, 3.63) is 59.2 Å². The van der Waals surface area contributed by atoms with E-state index in [1.165, 1.54) is 0 Å². The van der Waals surface area contributed by atoms with Gasteiger partial charge in [-0.3, -0.25) is 0 Å². The molecule has 0 spiro atoms. The molecule has 3 rings (SSSR count). The first-order chi connectivity index (χ1) is 9.69. The van der Waals surface area contributed by atoms with Crippen LogP contribution in [0.25, 0.3) is 0 Å². The minimum atomic E-state index is 0.00417. The molecule has 3 heteroatoms. The summed E-state index contributed by atoms with van der Waals surface area (Å²) in [5, 5.41) is 0. The number of fused-ring (bicyclic) bond motifs is 1. The molecule has 0 amide bonds. The quantitative estimate of drug-likeness (QED) is 0.907. The summed E-state index contributed by atoms with van der Waals surface area (Å²) in [6.07, 6.45) is 0.799. The van der Waals surface area contributed by atoms with E-state index in [0.29, 0.717) is 0 Å². The van der Waals surface area contributed by atoms with Crippen LogP contribution in [0, 0.1) is 6.92 Å². The fourth-order valence-electron chi connectivity index (χ4n) is 2.76. The summed E-state index contributed by atoms with van der Waals surface area (Å²) in [4.78, 5) is 0. The topological polar surface area (TPSA) is 44.5 Å². The van der Waals surface area contributed by atoms with Crippen molar-refractivity contribution < 1.29 is 9.47 Å². The van der Waals surface area contributed by atoms with E-state index in [0.717, 1.165) is 34.6 Å². The standard InChI is InChI=1S/C17H19NO2/c1-11-9-12(7-8-15(11)19-2)17-10-14(18)13-5-3-4-6-16(13)20-17/h3-9,14,17H,10,18H2,1-2H3/t14-,17?/m0/s1. The molecule has 0 radical (unpaired) electrons. The van der Waals surface area contributed by atoms with Gasteiger partial charge in [-0.2, -0.15) is 0 Å². The number of para-hydroxylation sites is 1. The number of hydrogen-bond donors (Lipinski definition) is 1. The van der Waals surface area contributed by atoms with Crippen molar-refractivity contribution in [1.29, 1.82) is 0 Å². The van der Waals surface area contributed by atoms with E-state index in [1.54, 1.807) is 7.11 Å². The second kappa shape index (κ2) is 5.17. The van der Waals surface area contributed by atoms with E-state index in [9.17, 15) is 0 Å². The van der Waals surface area contributed by atoms with Gasteiger partial charge in [-0.15, -0.1) is 0 Å². The maximum absolute atomic E-state index is 6.26. The third-order valence-corrected chi connectivity index (χ3v) is 3.85. The van der Waals surface area contributed by atoms with Gasteiger partial charge in [0.1, 0.15) is 17.6 Å². The van der Waals surface area contributed by atoms with E-state index in [4.69, 9.17) is 15.2 Å². The van der Waals surface area contributed by atoms with Gasteiger partial charge in [0.2, 0.25) is 0 Å². The molecule has 20 heavy (non-hydrogen) atoms. The fourth-order valence-corrected chi connectivity index (χ4v) is 2.76. The second-order valence-electron chi connectivity index (χ2n) is 5.22. The highest BCUT2D eigenvalue weighted by Gasteiger charge is 2.26. The van der Waals surface area contributed by atoms with Gasteiger partial charge < -0.3 is 15.2 Å². The Kier molecular flexibility index (Phi) is 3.36. The first-order valence-corrected chi connectivity index (χ1v) is 6.84. The van der Waals surface area contributed by atoms with Crippen LogP contribution in [-0.4, -0.2) is 7.11 Å². The highest BCUT2D eigenvalue weighted by atomic mass is 16.5. The average Bonchev–Trinajstić information content (AvgIpc) is 2.47. The summed E-state index contributed by atoms with van der Waals surface area (Å²) < 4.78 is 11.4. The Labute approximate surface area is 119 Å². The van der Waals surface area contributed by atoms with Crippen molar-refractivity contribution in [3.63, 3.8) is 0 Å². The molecule has 1 aliphatic rings. The summed E-state index contributed by atoms with van der Waals surface area (Å²) in [5.74, 6) is 1.79. The number of methoxy groups -OCH3 is 1. The van der Waals surface area contributed by atoms with Gasteiger partial charge in [-0.25, -0.2) is 0 Å². The smallest absolute Gasteiger partial charge is 0.126 e. The Balaban J connectivity index is 1.91. The number of nitrogens with two attached hydrogens (primary N) is 1. The van der Waals surface area contributed by atoms with Gasteiger partial charge in [-0.1, -0.05) is 24.3 Å². The predicted molar refractivity (Wildman–Crippen MR) is 79.1 cm³/mol. The Morgan fingerprint density at radius 1 is 1.20 bits per heavy atom. The molecule has 2 N–H and O–H groups in total. The van der Waals surface area contributed by atoms with Crippen molar-refractivity contribution in [2.24, 2.45) is 5.73 Å². The number of hydrogen-bond acceptors (Lipinski definition) is 3. The predicted octanol–water partition coefficient (Wildman–Crippen LogP) is 3.53. The van der Waals surface area contributed by atoms with Crippen LogP contribution in [0.5, 0.6) is 11.5 Å². The zero-order valence-corrected chi connectivity index (χ0v) is 11.8. The molecule has 1 heterocycles. The lowest BCUT2D eigenvalue weighted by atomic mass is 9.93. The zero-order chi connectivity index (χ0) is 14.1. The largest absolute Gasteiger partial charge is 0.496 e. The second-order valence-corrected chi connectivity index (χ2v) is 5.22. The van der Waals surface area contributed by atoms with Gasteiger partial charge in [0.15, 0.2) is 0 Å². The van der Waals surface area contributed by atoms with Gasteiger partial charge in [0, 0.05) is 18.0 Å². The zero-order valence-electron chi connectivity index (χ0n) is 11.8. The maximum Gasteiger partial charge on any atom is 0.126 e. The van der Waals surface area contributed by atoms with E-state index in [-0.39, 0.29) is 12.1 Å². The summed E-state index contributed by atoms with van der Waals surface area (Å²) >= 11 is 0. The molecule has 0 saturated carbocycles. The van der Waals surface area contributed by atoms with Crippen molar-refractivity contribution in [2.45, 2.75) is 25.5 Å². The SMILES string of the molecule is COc1ccc(C2C[C@H](N)c3ccccc3O2)cc1C. The number of ether oxygens (including phenoxy) is 2. The lowest BCUT2D eigenvalue weighted by Crippen LogP contribution is -2.24. The van der Waals surface area contributed by atoms with Crippen molar-refractivity contribution in [3.8, 4) is 11.5 Å².